The van der Waals surface area contributed by atoms with E-state index >= 15 is 0 Å². The van der Waals surface area contributed by atoms with Gasteiger partial charge in [0.2, 0.25) is 0 Å². The van der Waals surface area contributed by atoms with Crippen LogP contribution in [0.4, 0.5) is 13.2 Å². The van der Waals surface area contributed by atoms with Gasteiger partial charge in [-0.15, -0.1) is 0 Å². The summed E-state index contributed by atoms with van der Waals surface area (Å²) in [5.41, 5.74) is 5.54. The number of halogens is 3. The van der Waals surface area contributed by atoms with Crippen LogP contribution in [0.25, 0.3) is 0 Å². The van der Waals surface area contributed by atoms with E-state index in [-0.39, 0.29) is 12.0 Å². The van der Waals surface area contributed by atoms with Gasteiger partial charge >= 0.3 is 6.18 Å². The molecule has 0 aromatic carbocycles. The zero-order chi connectivity index (χ0) is 10.6. The fourth-order valence-electron chi connectivity index (χ4n) is 1.03. The SMILES string of the molecule is CC(N)C(C)CN(C)CC(F)(F)F. The predicted octanol–water partition coefficient (Wildman–Crippen LogP) is 1.46. The van der Waals surface area contributed by atoms with E-state index in [0.29, 0.717) is 6.54 Å². The van der Waals surface area contributed by atoms with E-state index in [1.54, 1.807) is 6.92 Å². The van der Waals surface area contributed by atoms with Crippen molar-refractivity contribution < 1.29 is 13.2 Å². The summed E-state index contributed by atoms with van der Waals surface area (Å²) in [6.07, 6.45) is -4.12. The number of nitrogens with zero attached hydrogens (tertiary/aromatic N) is 1. The highest BCUT2D eigenvalue weighted by Gasteiger charge is 2.29. The summed E-state index contributed by atoms with van der Waals surface area (Å²) in [6.45, 7) is 3.14. The average Bonchev–Trinajstić information content (AvgIpc) is 1.81. The first kappa shape index (κ1) is 12.7. The Balaban J connectivity index is 3.81. The first-order valence-corrected chi connectivity index (χ1v) is 4.23. The van der Waals surface area contributed by atoms with Crippen LogP contribution >= 0.6 is 0 Å². The highest BCUT2D eigenvalue weighted by Crippen LogP contribution is 2.16. The molecule has 0 aromatic rings. The molecular formula is C8H17F3N2. The lowest BCUT2D eigenvalue weighted by Gasteiger charge is -2.24. The minimum atomic E-state index is -4.12. The fourth-order valence-corrected chi connectivity index (χ4v) is 1.03. The lowest BCUT2D eigenvalue weighted by Crippen LogP contribution is -2.38. The molecule has 80 valence electrons. The maximum absolute atomic E-state index is 11.9. The van der Waals surface area contributed by atoms with Crippen molar-refractivity contribution >= 4 is 0 Å². The average molecular weight is 198 g/mol. The topological polar surface area (TPSA) is 29.3 Å². The molecule has 0 spiro atoms. The van der Waals surface area contributed by atoms with Gasteiger partial charge in [0.15, 0.2) is 0 Å². The molecule has 5 heteroatoms. The predicted molar refractivity (Wildman–Crippen MR) is 46.4 cm³/mol. The molecule has 0 rings (SSSR count). The van der Waals surface area contributed by atoms with Crippen LogP contribution < -0.4 is 5.73 Å². The number of rotatable bonds is 4. The molecule has 0 aliphatic carbocycles. The van der Waals surface area contributed by atoms with Crippen molar-refractivity contribution in [3.05, 3.63) is 0 Å². The van der Waals surface area contributed by atoms with Gasteiger partial charge in [-0.2, -0.15) is 13.2 Å². The zero-order valence-electron chi connectivity index (χ0n) is 8.23. The second-order valence-electron chi connectivity index (χ2n) is 3.65. The van der Waals surface area contributed by atoms with E-state index in [0.717, 1.165) is 0 Å². The molecular weight excluding hydrogens is 181 g/mol. The summed E-state index contributed by atoms with van der Waals surface area (Å²) in [5, 5.41) is 0. The lowest BCUT2D eigenvalue weighted by molar-refractivity contribution is -0.144. The standard InChI is InChI=1S/C8H17F3N2/c1-6(7(2)12)4-13(3)5-8(9,10)11/h6-7H,4-5,12H2,1-3H3. The van der Waals surface area contributed by atoms with Crippen molar-refractivity contribution in [1.29, 1.82) is 0 Å². The van der Waals surface area contributed by atoms with Gasteiger partial charge in [0.1, 0.15) is 0 Å². The monoisotopic (exact) mass is 198 g/mol. The molecule has 0 fully saturated rings. The number of nitrogens with two attached hydrogens (primary N) is 1. The van der Waals surface area contributed by atoms with Crippen LogP contribution in [0.3, 0.4) is 0 Å². The smallest absolute Gasteiger partial charge is 0.328 e. The zero-order valence-corrected chi connectivity index (χ0v) is 8.23. The Bertz CT molecular complexity index is 145. The van der Waals surface area contributed by atoms with Crippen LogP contribution in [0, 0.1) is 5.92 Å². The molecule has 2 N–H and O–H groups in total. The van der Waals surface area contributed by atoms with Crippen molar-refractivity contribution in [1.82, 2.24) is 4.90 Å². The highest BCUT2D eigenvalue weighted by atomic mass is 19.4. The molecule has 2 nitrogen and oxygen atoms in total. The second kappa shape index (κ2) is 4.81. The van der Waals surface area contributed by atoms with Gasteiger partial charge in [-0.3, -0.25) is 4.90 Å². The molecule has 0 saturated heterocycles. The Morgan fingerprint density at radius 3 is 2.08 bits per heavy atom. The first-order chi connectivity index (χ1) is 5.72. The molecule has 13 heavy (non-hydrogen) atoms. The summed E-state index contributed by atoms with van der Waals surface area (Å²) in [6, 6.07) is -0.0734. The molecule has 0 radical (unpaired) electrons. The Morgan fingerprint density at radius 2 is 1.77 bits per heavy atom. The Hall–Kier alpha value is -0.290. The summed E-state index contributed by atoms with van der Waals surface area (Å²) in [5.74, 6) is 0.0762. The maximum atomic E-state index is 11.9. The van der Waals surface area contributed by atoms with E-state index < -0.39 is 12.7 Å². The minimum absolute atomic E-state index is 0.0734. The van der Waals surface area contributed by atoms with Crippen LogP contribution in [0.15, 0.2) is 0 Å². The molecule has 2 unspecified atom stereocenters. The van der Waals surface area contributed by atoms with Crippen molar-refractivity contribution in [2.45, 2.75) is 26.1 Å². The third kappa shape index (κ3) is 6.83. The van der Waals surface area contributed by atoms with Gasteiger partial charge in [0.25, 0.3) is 0 Å². The van der Waals surface area contributed by atoms with Gasteiger partial charge in [0.05, 0.1) is 6.54 Å². The fraction of sp³-hybridized carbons (Fsp3) is 1.00. The van der Waals surface area contributed by atoms with Crippen LogP contribution in [-0.2, 0) is 0 Å². The largest absolute Gasteiger partial charge is 0.401 e. The van der Waals surface area contributed by atoms with Gasteiger partial charge in [-0.1, -0.05) is 6.92 Å². The second-order valence-corrected chi connectivity index (χ2v) is 3.65. The van der Waals surface area contributed by atoms with Crippen molar-refractivity contribution in [3.63, 3.8) is 0 Å². The summed E-state index contributed by atoms with van der Waals surface area (Å²) in [4.78, 5) is 1.24. The highest BCUT2D eigenvalue weighted by molar-refractivity contribution is 4.68. The van der Waals surface area contributed by atoms with Gasteiger partial charge in [-0.25, -0.2) is 0 Å². The third-order valence-corrected chi connectivity index (χ3v) is 1.95. The number of alkyl halides is 3. The molecule has 0 bridgehead atoms. The molecule has 2 atom stereocenters. The van der Waals surface area contributed by atoms with E-state index in [9.17, 15) is 13.2 Å². The molecule has 0 heterocycles. The van der Waals surface area contributed by atoms with Gasteiger partial charge < -0.3 is 5.73 Å². The normalized spacial score (nSPS) is 17.5. The first-order valence-electron chi connectivity index (χ1n) is 4.23. The molecule has 0 aliphatic rings. The van der Waals surface area contributed by atoms with Crippen molar-refractivity contribution in [2.24, 2.45) is 11.7 Å². The lowest BCUT2D eigenvalue weighted by atomic mass is 10.0. The summed E-state index contributed by atoms with van der Waals surface area (Å²) in [7, 11) is 1.45. The third-order valence-electron chi connectivity index (χ3n) is 1.95. The minimum Gasteiger partial charge on any atom is -0.328 e. The Labute approximate surface area is 76.9 Å². The van der Waals surface area contributed by atoms with Crippen molar-refractivity contribution in [2.75, 3.05) is 20.1 Å². The Kier molecular flexibility index (Phi) is 4.70. The Morgan fingerprint density at radius 1 is 1.31 bits per heavy atom. The van der Waals surface area contributed by atoms with Crippen molar-refractivity contribution in [3.8, 4) is 0 Å². The van der Waals surface area contributed by atoms with E-state index in [1.807, 2.05) is 6.92 Å². The molecule has 0 aromatic heterocycles. The summed E-state index contributed by atoms with van der Waals surface area (Å²) < 4.78 is 35.7. The van der Waals surface area contributed by atoms with Crippen LogP contribution in [-0.4, -0.2) is 37.3 Å². The van der Waals surface area contributed by atoms with E-state index in [1.165, 1.54) is 11.9 Å². The van der Waals surface area contributed by atoms with E-state index in [4.69, 9.17) is 5.73 Å². The van der Waals surface area contributed by atoms with E-state index in [2.05, 4.69) is 0 Å². The number of hydrogen-bond donors (Lipinski definition) is 1. The summed E-state index contributed by atoms with van der Waals surface area (Å²) >= 11 is 0. The number of hydrogen-bond acceptors (Lipinski definition) is 2. The molecule has 0 saturated carbocycles. The van der Waals surface area contributed by atoms with Crippen LogP contribution in [0.2, 0.25) is 0 Å². The quantitative estimate of drug-likeness (QED) is 0.741. The maximum Gasteiger partial charge on any atom is 0.401 e. The molecule has 0 aliphatic heterocycles. The van der Waals surface area contributed by atoms with Gasteiger partial charge in [0, 0.05) is 12.6 Å². The van der Waals surface area contributed by atoms with Crippen LogP contribution in [0.1, 0.15) is 13.8 Å². The van der Waals surface area contributed by atoms with Gasteiger partial charge in [-0.05, 0) is 19.9 Å². The van der Waals surface area contributed by atoms with Crippen LogP contribution in [0.5, 0.6) is 0 Å². The molecule has 0 amide bonds.